The fourth-order valence-corrected chi connectivity index (χ4v) is 3.07. The number of halogens is 1. The maximum atomic E-state index is 12.9. The van der Waals surface area contributed by atoms with E-state index in [0.717, 1.165) is 4.47 Å². The predicted octanol–water partition coefficient (Wildman–Crippen LogP) is 3.21. The number of ketones is 1. The van der Waals surface area contributed by atoms with E-state index in [1.54, 1.807) is 32.9 Å². The molecular formula is C17H19BrO5. The molecule has 2 atom stereocenters. The van der Waals surface area contributed by atoms with Crippen molar-refractivity contribution in [2.75, 3.05) is 6.61 Å². The Bertz CT molecular complexity index is 649. The van der Waals surface area contributed by atoms with Crippen molar-refractivity contribution in [3.63, 3.8) is 0 Å². The van der Waals surface area contributed by atoms with Gasteiger partial charge >= 0.3 is 11.9 Å². The molecule has 1 aliphatic heterocycles. The molecular weight excluding hydrogens is 364 g/mol. The van der Waals surface area contributed by atoms with E-state index in [0.29, 0.717) is 5.56 Å². The molecule has 0 radical (unpaired) electrons. The maximum absolute atomic E-state index is 12.9. The second-order valence-electron chi connectivity index (χ2n) is 6.23. The number of hydrogen-bond donors (Lipinski definition) is 0. The van der Waals surface area contributed by atoms with Crippen LogP contribution in [0.1, 0.15) is 39.4 Å². The van der Waals surface area contributed by atoms with Crippen LogP contribution in [0.15, 0.2) is 28.7 Å². The molecule has 124 valence electrons. The van der Waals surface area contributed by atoms with Gasteiger partial charge in [-0.3, -0.25) is 14.4 Å². The lowest BCUT2D eigenvalue weighted by molar-refractivity contribution is -0.195. The Balaban J connectivity index is 2.44. The Kier molecular flexibility index (Phi) is 4.66. The van der Waals surface area contributed by atoms with Gasteiger partial charge in [-0.2, -0.15) is 0 Å². The lowest BCUT2D eigenvalue weighted by Crippen LogP contribution is -2.57. The van der Waals surface area contributed by atoms with Gasteiger partial charge in [-0.15, -0.1) is 0 Å². The minimum absolute atomic E-state index is 0.0888. The molecule has 0 spiro atoms. The average Bonchev–Trinajstić information content (AvgIpc) is 2.50. The molecule has 0 saturated carbocycles. The predicted molar refractivity (Wildman–Crippen MR) is 86.5 cm³/mol. The van der Waals surface area contributed by atoms with Gasteiger partial charge in [0.15, 0.2) is 5.78 Å². The minimum Gasteiger partial charge on any atom is -0.465 e. The normalized spacial score (nSPS) is 26.6. The first kappa shape index (κ1) is 17.7. The molecule has 5 nitrogen and oxygen atoms in total. The van der Waals surface area contributed by atoms with Crippen LogP contribution < -0.4 is 0 Å². The molecule has 0 bridgehead atoms. The summed E-state index contributed by atoms with van der Waals surface area (Å²) in [5, 5.41) is 0. The molecule has 2 rings (SSSR count). The van der Waals surface area contributed by atoms with Crippen LogP contribution in [0.3, 0.4) is 0 Å². The summed E-state index contributed by atoms with van der Waals surface area (Å²) in [5.41, 5.74) is -2.28. The summed E-state index contributed by atoms with van der Waals surface area (Å²) in [6.07, 6.45) is -0.752. The first-order valence-corrected chi connectivity index (χ1v) is 8.13. The highest BCUT2D eigenvalue weighted by Gasteiger charge is 2.62. The van der Waals surface area contributed by atoms with Crippen LogP contribution in [0.25, 0.3) is 0 Å². The third kappa shape index (κ3) is 2.80. The van der Waals surface area contributed by atoms with Gasteiger partial charge in [-0.25, -0.2) is 0 Å². The number of esters is 2. The topological polar surface area (TPSA) is 69.7 Å². The number of ether oxygens (including phenoxy) is 2. The summed E-state index contributed by atoms with van der Waals surface area (Å²) in [7, 11) is 0. The van der Waals surface area contributed by atoms with Crippen molar-refractivity contribution in [1.29, 1.82) is 0 Å². The molecule has 0 unspecified atom stereocenters. The first-order valence-electron chi connectivity index (χ1n) is 7.34. The highest BCUT2D eigenvalue weighted by atomic mass is 79.9. The monoisotopic (exact) mass is 382 g/mol. The number of Topliss-reactive ketones (excluding diaryl/α,β-unsaturated/α-hetero) is 1. The summed E-state index contributed by atoms with van der Waals surface area (Å²) in [4.78, 5) is 37.5. The molecule has 1 aromatic carbocycles. The molecule has 0 aromatic heterocycles. The highest BCUT2D eigenvalue weighted by Crippen LogP contribution is 2.48. The van der Waals surface area contributed by atoms with Gasteiger partial charge in [-0.1, -0.05) is 28.1 Å². The van der Waals surface area contributed by atoms with E-state index in [1.165, 1.54) is 6.92 Å². The number of benzene rings is 1. The van der Waals surface area contributed by atoms with Crippen molar-refractivity contribution in [3.05, 3.63) is 34.3 Å². The molecule has 1 aliphatic rings. The van der Waals surface area contributed by atoms with Gasteiger partial charge in [0.1, 0.15) is 6.10 Å². The number of hydrogen-bond acceptors (Lipinski definition) is 5. The van der Waals surface area contributed by atoms with Crippen molar-refractivity contribution in [1.82, 2.24) is 0 Å². The molecule has 1 aromatic rings. The van der Waals surface area contributed by atoms with Gasteiger partial charge in [0, 0.05) is 4.47 Å². The van der Waals surface area contributed by atoms with Gasteiger partial charge in [-0.05, 0) is 45.4 Å². The summed E-state index contributed by atoms with van der Waals surface area (Å²) in [5.74, 6) is -2.22. The second kappa shape index (κ2) is 6.07. The van der Waals surface area contributed by atoms with Crippen LogP contribution in [0.5, 0.6) is 0 Å². The van der Waals surface area contributed by atoms with E-state index in [1.807, 2.05) is 12.1 Å². The summed E-state index contributed by atoms with van der Waals surface area (Å²) in [6.45, 7) is 6.33. The molecule has 1 saturated heterocycles. The van der Waals surface area contributed by atoms with E-state index < -0.39 is 34.7 Å². The minimum atomic E-state index is -1.93. The van der Waals surface area contributed by atoms with Crippen LogP contribution in [0.2, 0.25) is 0 Å². The lowest BCUT2D eigenvalue weighted by atomic mass is 9.66. The Labute approximate surface area is 143 Å². The van der Waals surface area contributed by atoms with Crippen molar-refractivity contribution in [2.45, 2.75) is 33.8 Å². The molecule has 6 heteroatoms. The van der Waals surface area contributed by atoms with Crippen molar-refractivity contribution in [3.8, 4) is 0 Å². The first-order chi connectivity index (χ1) is 10.7. The summed E-state index contributed by atoms with van der Waals surface area (Å²) in [6, 6.07) is 7.18. The zero-order valence-corrected chi connectivity index (χ0v) is 15.1. The van der Waals surface area contributed by atoms with Crippen molar-refractivity contribution < 1.29 is 23.9 Å². The van der Waals surface area contributed by atoms with Crippen molar-refractivity contribution in [2.24, 2.45) is 10.8 Å². The van der Waals surface area contributed by atoms with Gasteiger partial charge in [0.05, 0.1) is 12.0 Å². The fourth-order valence-electron chi connectivity index (χ4n) is 2.80. The fraction of sp³-hybridized carbons (Fsp3) is 0.471. The third-order valence-electron chi connectivity index (χ3n) is 4.18. The highest BCUT2D eigenvalue weighted by molar-refractivity contribution is 9.10. The number of carbonyl (C=O) groups is 3. The van der Waals surface area contributed by atoms with Crippen LogP contribution in [0, 0.1) is 10.8 Å². The van der Waals surface area contributed by atoms with Crippen molar-refractivity contribution >= 4 is 33.7 Å². The Morgan fingerprint density at radius 1 is 1.22 bits per heavy atom. The average molecular weight is 383 g/mol. The Morgan fingerprint density at radius 3 is 2.30 bits per heavy atom. The SMILES string of the molecule is CCOC(=O)[C@@]1(C)C(=O)O[C@@H](c2ccc(Br)cc2)C(C)(C)C1=O. The van der Waals surface area contributed by atoms with Crippen LogP contribution in [0.4, 0.5) is 0 Å². The van der Waals surface area contributed by atoms with E-state index in [4.69, 9.17) is 9.47 Å². The number of cyclic esters (lactones) is 1. The van der Waals surface area contributed by atoms with E-state index in [2.05, 4.69) is 15.9 Å². The molecule has 23 heavy (non-hydrogen) atoms. The lowest BCUT2D eigenvalue weighted by Gasteiger charge is -2.43. The molecule has 0 amide bonds. The van der Waals surface area contributed by atoms with Gasteiger partial charge < -0.3 is 9.47 Å². The van der Waals surface area contributed by atoms with E-state index >= 15 is 0 Å². The number of rotatable bonds is 3. The Morgan fingerprint density at radius 2 is 1.78 bits per heavy atom. The molecule has 0 N–H and O–H groups in total. The largest absolute Gasteiger partial charge is 0.465 e. The quantitative estimate of drug-likeness (QED) is 0.592. The molecule has 0 aliphatic carbocycles. The van der Waals surface area contributed by atoms with Crippen LogP contribution in [-0.2, 0) is 23.9 Å². The maximum Gasteiger partial charge on any atom is 0.331 e. The van der Waals surface area contributed by atoms with E-state index in [-0.39, 0.29) is 6.61 Å². The zero-order valence-electron chi connectivity index (χ0n) is 13.5. The van der Waals surface area contributed by atoms with E-state index in [9.17, 15) is 14.4 Å². The molecule has 1 heterocycles. The summed E-state index contributed by atoms with van der Waals surface area (Å²) >= 11 is 3.34. The smallest absolute Gasteiger partial charge is 0.331 e. The Hall–Kier alpha value is -1.69. The molecule has 1 fully saturated rings. The number of carbonyl (C=O) groups excluding carboxylic acids is 3. The second-order valence-corrected chi connectivity index (χ2v) is 7.15. The van der Waals surface area contributed by atoms with Gasteiger partial charge in [0.2, 0.25) is 5.41 Å². The standard InChI is InChI=1S/C17H19BrO5/c1-5-22-14(20)17(4)13(19)16(2,3)12(23-15(17)21)10-6-8-11(18)9-7-10/h6-9,12H,5H2,1-4H3/t12-,17-/m0/s1. The zero-order chi connectivity index (χ0) is 17.4. The summed E-state index contributed by atoms with van der Waals surface area (Å²) < 4.78 is 11.3. The van der Waals surface area contributed by atoms with Crippen LogP contribution in [-0.4, -0.2) is 24.3 Å². The van der Waals surface area contributed by atoms with Gasteiger partial charge in [0.25, 0.3) is 0 Å². The van der Waals surface area contributed by atoms with Crippen LogP contribution >= 0.6 is 15.9 Å². The third-order valence-corrected chi connectivity index (χ3v) is 4.71.